The van der Waals surface area contributed by atoms with Crippen LogP contribution in [0.15, 0.2) is 49.1 Å². The maximum Gasteiger partial charge on any atom is 0.250 e. The van der Waals surface area contributed by atoms with Crippen molar-refractivity contribution in [2.45, 2.75) is 0 Å². The van der Waals surface area contributed by atoms with Crippen LogP contribution in [0.25, 0.3) is 22.3 Å². The third-order valence-electron chi connectivity index (χ3n) is 5.51. The Morgan fingerprint density at radius 3 is 2.68 bits per heavy atom. The van der Waals surface area contributed by atoms with Crippen LogP contribution in [0.5, 0.6) is 5.75 Å². The number of pyridine rings is 3. The van der Waals surface area contributed by atoms with Gasteiger partial charge in [-0.15, -0.1) is 0 Å². The number of fused-ring (bicyclic) bond motifs is 1. The van der Waals surface area contributed by atoms with E-state index in [9.17, 15) is 4.79 Å². The van der Waals surface area contributed by atoms with E-state index in [1.807, 2.05) is 12.1 Å². The van der Waals surface area contributed by atoms with Crippen molar-refractivity contribution in [1.29, 1.82) is 0 Å². The molecule has 1 amide bonds. The summed E-state index contributed by atoms with van der Waals surface area (Å²) in [5.74, 6) is 2.58. The Morgan fingerprint density at radius 1 is 1.09 bits per heavy atom. The fourth-order valence-corrected chi connectivity index (χ4v) is 3.81. The molecule has 0 spiro atoms. The molecule has 4 N–H and O–H groups in total. The van der Waals surface area contributed by atoms with Crippen molar-refractivity contribution >= 4 is 34.3 Å². The number of carbonyl (C=O) groups is 1. The molecule has 5 heterocycles. The summed E-state index contributed by atoms with van der Waals surface area (Å²) in [4.78, 5) is 36.1. The first-order chi connectivity index (χ1) is 16.6. The molecule has 1 aliphatic rings. The predicted molar refractivity (Wildman–Crippen MR) is 128 cm³/mol. The van der Waals surface area contributed by atoms with Crippen molar-refractivity contribution in [3.05, 3.63) is 54.6 Å². The lowest BCUT2D eigenvalue weighted by Gasteiger charge is -2.29. The van der Waals surface area contributed by atoms with Crippen LogP contribution in [0.2, 0.25) is 0 Å². The van der Waals surface area contributed by atoms with Gasteiger partial charge in [-0.05, 0) is 24.3 Å². The Labute approximate surface area is 195 Å². The lowest BCUT2D eigenvalue weighted by Crippen LogP contribution is -2.44. The molecular formula is C23H23N9O2. The van der Waals surface area contributed by atoms with Crippen LogP contribution in [0.1, 0.15) is 10.4 Å². The second-order valence-electron chi connectivity index (χ2n) is 7.69. The van der Waals surface area contributed by atoms with Gasteiger partial charge in [0, 0.05) is 44.1 Å². The summed E-state index contributed by atoms with van der Waals surface area (Å²) >= 11 is 0. The van der Waals surface area contributed by atoms with Gasteiger partial charge in [0.25, 0.3) is 0 Å². The Morgan fingerprint density at radius 2 is 1.94 bits per heavy atom. The molecule has 0 aromatic carbocycles. The van der Waals surface area contributed by atoms with E-state index in [1.54, 1.807) is 37.8 Å². The number of aromatic nitrogens is 5. The molecule has 1 fully saturated rings. The van der Waals surface area contributed by atoms with E-state index in [0.717, 1.165) is 42.9 Å². The minimum atomic E-state index is -0.529. The number of hydrogen-bond donors (Lipinski definition) is 3. The van der Waals surface area contributed by atoms with Gasteiger partial charge in [-0.1, -0.05) is 0 Å². The van der Waals surface area contributed by atoms with Gasteiger partial charge in [0.1, 0.15) is 23.2 Å². The summed E-state index contributed by atoms with van der Waals surface area (Å²) in [6.07, 6.45) is 6.50. The minimum absolute atomic E-state index is 0.335. The zero-order valence-corrected chi connectivity index (χ0v) is 18.5. The fraction of sp³-hybridized carbons (Fsp3) is 0.217. The standard InChI is InChI=1S/C23H23N9O2/c1-34-17-13-26-12-16-20(17)23(32-8-6-25-7-9-32)31-22(29-16)14-4-5-27-19(10-14)30-18-3-2-15(11-28-18)21(24)33/h2-5,10-13,25H,6-9H2,1H3,(H2,24,33)(H,27,28,30). The molecule has 4 aromatic heterocycles. The fourth-order valence-electron chi connectivity index (χ4n) is 3.81. The molecule has 1 saturated heterocycles. The normalized spacial score (nSPS) is 13.6. The number of primary amides is 1. The summed E-state index contributed by atoms with van der Waals surface area (Å²) in [5.41, 5.74) is 7.10. The topological polar surface area (TPSA) is 144 Å². The molecule has 0 radical (unpaired) electrons. The van der Waals surface area contributed by atoms with Gasteiger partial charge in [-0.3, -0.25) is 9.78 Å². The smallest absolute Gasteiger partial charge is 0.250 e. The zero-order valence-electron chi connectivity index (χ0n) is 18.5. The first-order valence-corrected chi connectivity index (χ1v) is 10.8. The SMILES string of the molecule is COc1cncc2nc(-c3ccnc(Nc4ccc(C(N)=O)cn4)c3)nc(N3CCNCC3)c12. The van der Waals surface area contributed by atoms with Crippen LogP contribution in [0.3, 0.4) is 0 Å². The van der Waals surface area contributed by atoms with Crippen molar-refractivity contribution in [3.8, 4) is 17.1 Å². The predicted octanol–water partition coefficient (Wildman–Crippen LogP) is 1.74. The molecule has 11 nitrogen and oxygen atoms in total. The number of nitrogens with two attached hydrogens (primary N) is 1. The first kappa shape index (κ1) is 21.5. The van der Waals surface area contributed by atoms with Gasteiger partial charge < -0.3 is 26.0 Å². The summed E-state index contributed by atoms with van der Waals surface area (Å²) in [6.45, 7) is 3.40. The average molecular weight is 457 g/mol. The molecule has 172 valence electrons. The highest BCUT2D eigenvalue weighted by molar-refractivity contribution is 5.95. The highest BCUT2D eigenvalue weighted by atomic mass is 16.5. The highest BCUT2D eigenvalue weighted by Gasteiger charge is 2.20. The number of ether oxygens (including phenoxy) is 1. The number of methoxy groups -OCH3 is 1. The van der Waals surface area contributed by atoms with Gasteiger partial charge in [-0.25, -0.2) is 19.9 Å². The molecule has 5 rings (SSSR count). The molecular weight excluding hydrogens is 434 g/mol. The number of anilines is 3. The van der Waals surface area contributed by atoms with Crippen LogP contribution < -0.4 is 26.0 Å². The molecule has 0 atom stereocenters. The Kier molecular flexibility index (Phi) is 5.83. The molecule has 4 aromatic rings. The van der Waals surface area contributed by atoms with Gasteiger partial charge in [0.2, 0.25) is 5.91 Å². The number of nitrogens with one attached hydrogen (secondary N) is 2. The Hall–Kier alpha value is -4.38. The van der Waals surface area contributed by atoms with Gasteiger partial charge in [0.05, 0.1) is 36.0 Å². The Balaban J connectivity index is 1.53. The maximum absolute atomic E-state index is 11.3. The van der Waals surface area contributed by atoms with Crippen LogP contribution in [-0.2, 0) is 0 Å². The number of hydrogen-bond acceptors (Lipinski definition) is 10. The molecule has 34 heavy (non-hydrogen) atoms. The first-order valence-electron chi connectivity index (χ1n) is 10.8. The highest BCUT2D eigenvalue weighted by Crippen LogP contribution is 2.34. The van der Waals surface area contributed by atoms with E-state index in [1.165, 1.54) is 6.20 Å². The van der Waals surface area contributed by atoms with Gasteiger partial charge >= 0.3 is 0 Å². The minimum Gasteiger partial charge on any atom is -0.494 e. The van der Waals surface area contributed by atoms with E-state index in [0.29, 0.717) is 34.3 Å². The number of carbonyl (C=O) groups excluding carboxylic acids is 1. The van der Waals surface area contributed by atoms with E-state index < -0.39 is 5.91 Å². The second-order valence-corrected chi connectivity index (χ2v) is 7.69. The lowest BCUT2D eigenvalue weighted by atomic mass is 10.2. The van der Waals surface area contributed by atoms with Gasteiger partial charge in [0.15, 0.2) is 5.82 Å². The molecule has 11 heteroatoms. The van der Waals surface area contributed by atoms with Crippen molar-refractivity contribution in [1.82, 2.24) is 30.2 Å². The summed E-state index contributed by atoms with van der Waals surface area (Å²) in [7, 11) is 1.62. The van der Waals surface area contributed by atoms with Crippen LogP contribution in [0, 0.1) is 0 Å². The van der Waals surface area contributed by atoms with Gasteiger partial charge in [-0.2, -0.15) is 0 Å². The zero-order chi connectivity index (χ0) is 23.5. The maximum atomic E-state index is 11.3. The second kappa shape index (κ2) is 9.24. The van der Waals surface area contributed by atoms with Crippen molar-refractivity contribution < 1.29 is 9.53 Å². The lowest BCUT2D eigenvalue weighted by molar-refractivity contribution is 0.1000. The third kappa shape index (κ3) is 4.28. The molecule has 1 aliphatic heterocycles. The third-order valence-corrected chi connectivity index (χ3v) is 5.51. The molecule has 0 aliphatic carbocycles. The molecule has 0 unspecified atom stereocenters. The number of rotatable bonds is 6. The summed E-state index contributed by atoms with van der Waals surface area (Å²) in [6, 6.07) is 6.97. The van der Waals surface area contributed by atoms with Crippen molar-refractivity contribution in [3.63, 3.8) is 0 Å². The number of nitrogens with zero attached hydrogens (tertiary/aromatic N) is 6. The molecule has 0 saturated carbocycles. The molecule has 0 bridgehead atoms. The van der Waals surface area contributed by atoms with Crippen LogP contribution in [-0.4, -0.2) is 64.1 Å². The van der Waals surface area contributed by atoms with E-state index in [4.69, 9.17) is 20.4 Å². The monoisotopic (exact) mass is 457 g/mol. The number of piperazine rings is 1. The van der Waals surface area contributed by atoms with E-state index in [2.05, 4.69) is 30.5 Å². The van der Waals surface area contributed by atoms with Crippen molar-refractivity contribution in [2.75, 3.05) is 43.5 Å². The average Bonchev–Trinajstić information content (AvgIpc) is 2.88. The number of amides is 1. The van der Waals surface area contributed by atoms with E-state index in [-0.39, 0.29) is 0 Å². The Bertz CT molecular complexity index is 1340. The summed E-state index contributed by atoms with van der Waals surface area (Å²) < 4.78 is 5.57. The van der Waals surface area contributed by atoms with E-state index >= 15 is 0 Å². The summed E-state index contributed by atoms with van der Waals surface area (Å²) in [5, 5.41) is 7.35. The largest absolute Gasteiger partial charge is 0.494 e. The van der Waals surface area contributed by atoms with Crippen LogP contribution in [0.4, 0.5) is 17.5 Å². The van der Waals surface area contributed by atoms with Crippen LogP contribution >= 0.6 is 0 Å². The van der Waals surface area contributed by atoms with Crippen molar-refractivity contribution in [2.24, 2.45) is 5.73 Å². The quantitative estimate of drug-likeness (QED) is 0.391.